The lowest BCUT2D eigenvalue weighted by atomic mass is 9.95. The van der Waals surface area contributed by atoms with E-state index in [4.69, 9.17) is 32.7 Å². The fourth-order valence-corrected chi connectivity index (χ4v) is 3.77. The lowest BCUT2D eigenvalue weighted by molar-refractivity contribution is 0.198. The lowest BCUT2D eigenvalue weighted by Gasteiger charge is -2.36. The van der Waals surface area contributed by atoms with Gasteiger partial charge in [0.15, 0.2) is 11.5 Å². The van der Waals surface area contributed by atoms with Crippen LogP contribution < -0.4 is 14.8 Å². The normalized spacial score (nSPS) is 16.5. The van der Waals surface area contributed by atoms with Gasteiger partial charge in [-0.15, -0.1) is 0 Å². The number of halogens is 2. The molecule has 3 rings (SSSR count). The number of ether oxygens (including phenoxy) is 2. The summed E-state index contributed by atoms with van der Waals surface area (Å²) in [6, 6.07) is 11.6. The van der Waals surface area contributed by atoms with Crippen LogP contribution in [0.3, 0.4) is 0 Å². The molecule has 0 radical (unpaired) electrons. The molecule has 6 heteroatoms. The molecule has 1 aliphatic rings. The number of nitrogens with one attached hydrogen (secondary N) is 1. The van der Waals surface area contributed by atoms with Crippen LogP contribution in [0.1, 0.15) is 17.2 Å². The van der Waals surface area contributed by atoms with Crippen molar-refractivity contribution in [1.29, 1.82) is 0 Å². The molecule has 1 atom stereocenters. The first kappa shape index (κ1) is 18.3. The van der Waals surface area contributed by atoms with Crippen LogP contribution in [0.5, 0.6) is 11.5 Å². The highest BCUT2D eigenvalue weighted by Gasteiger charge is 2.28. The van der Waals surface area contributed by atoms with Gasteiger partial charge in [0, 0.05) is 42.3 Å². The third kappa shape index (κ3) is 3.87. The predicted molar refractivity (Wildman–Crippen MR) is 102 cm³/mol. The smallest absolute Gasteiger partial charge is 0.162 e. The fraction of sp³-hybridized carbons (Fsp3) is 0.368. The molecule has 4 nitrogen and oxygen atoms in total. The van der Waals surface area contributed by atoms with Gasteiger partial charge >= 0.3 is 0 Å². The quantitative estimate of drug-likeness (QED) is 0.849. The minimum atomic E-state index is -0.0388. The molecule has 0 saturated carbocycles. The number of hydrogen-bond acceptors (Lipinski definition) is 4. The third-order valence-electron chi connectivity index (χ3n) is 4.51. The third-order valence-corrected chi connectivity index (χ3v) is 5.19. The van der Waals surface area contributed by atoms with Crippen molar-refractivity contribution in [1.82, 2.24) is 10.2 Å². The molecule has 0 amide bonds. The first-order chi connectivity index (χ1) is 12.2. The van der Waals surface area contributed by atoms with Crippen molar-refractivity contribution < 1.29 is 9.47 Å². The molecule has 0 bridgehead atoms. The summed E-state index contributed by atoms with van der Waals surface area (Å²) < 4.78 is 10.9. The Hall–Kier alpha value is -1.46. The molecule has 134 valence electrons. The van der Waals surface area contributed by atoms with E-state index >= 15 is 0 Å². The monoisotopic (exact) mass is 380 g/mol. The molecular formula is C19H22Cl2N2O2. The summed E-state index contributed by atoms with van der Waals surface area (Å²) in [4.78, 5) is 2.39. The Kier molecular flexibility index (Phi) is 6.07. The average Bonchev–Trinajstić information content (AvgIpc) is 2.65. The van der Waals surface area contributed by atoms with Gasteiger partial charge in [-0.2, -0.15) is 0 Å². The molecule has 1 saturated heterocycles. The predicted octanol–water partition coefficient (Wildman–Crippen LogP) is 4.01. The van der Waals surface area contributed by atoms with Gasteiger partial charge in [0.2, 0.25) is 0 Å². The van der Waals surface area contributed by atoms with Crippen molar-refractivity contribution in [3.8, 4) is 11.5 Å². The summed E-state index contributed by atoms with van der Waals surface area (Å²) in [5, 5.41) is 4.76. The zero-order valence-corrected chi connectivity index (χ0v) is 15.9. The second-order valence-electron chi connectivity index (χ2n) is 5.94. The van der Waals surface area contributed by atoms with Crippen molar-refractivity contribution in [2.75, 3.05) is 40.4 Å². The van der Waals surface area contributed by atoms with Gasteiger partial charge in [-0.3, -0.25) is 4.90 Å². The molecule has 2 aromatic carbocycles. The SMILES string of the molecule is COc1cc(Cl)c(C(c2ccccc2Cl)N2CCNCC2)cc1OC. The number of piperazine rings is 1. The van der Waals surface area contributed by atoms with Gasteiger partial charge in [-0.05, 0) is 23.3 Å². The largest absolute Gasteiger partial charge is 0.493 e. The topological polar surface area (TPSA) is 33.7 Å². The minimum Gasteiger partial charge on any atom is -0.493 e. The molecule has 1 heterocycles. The van der Waals surface area contributed by atoms with Crippen LogP contribution >= 0.6 is 23.2 Å². The first-order valence-electron chi connectivity index (χ1n) is 8.26. The molecule has 0 spiro atoms. The molecule has 1 unspecified atom stereocenters. The van der Waals surface area contributed by atoms with Crippen molar-refractivity contribution in [2.45, 2.75) is 6.04 Å². The van der Waals surface area contributed by atoms with Crippen LogP contribution in [0, 0.1) is 0 Å². The van der Waals surface area contributed by atoms with E-state index in [1.165, 1.54) is 0 Å². The average molecular weight is 381 g/mol. The van der Waals surface area contributed by atoms with Crippen LogP contribution in [-0.2, 0) is 0 Å². The van der Waals surface area contributed by atoms with E-state index in [0.29, 0.717) is 16.5 Å². The summed E-state index contributed by atoms with van der Waals surface area (Å²) in [5.74, 6) is 1.28. The van der Waals surface area contributed by atoms with Crippen LogP contribution in [-0.4, -0.2) is 45.3 Å². The number of nitrogens with zero attached hydrogens (tertiary/aromatic N) is 1. The maximum Gasteiger partial charge on any atom is 0.162 e. The van der Waals surface area contributed by atoms with E-state index < -0.39 is 0 Å². The molecule has 1 aliphatic heterocycles. The first-order valence-corrected chi connectivity index (χ1v) is 9.02. The van der Waals surface area contributed by atoms with Gasteiger partial charge in [0.25, 0.3) is 0 Å². The van der Waals surface area contributed by atoms with Gasteiger partial charge in [0.05, 0.1) is 20.3 Å². The van der Waals surface area contributed by atoms with E-state index in [2.05, 4.69) is 16.3 Å². The minimum absolute atomic E-state index is 0.0388. The van der Waals surface area contributed by atoms with Gasteiger partial charge in [0.1, 0.15) is 0 Å². The lowest BCUT2D eigenvalue weighted by Crippen LogP contribution is -2.45. The van der Waals surface area contributed by atoms with Crippen molar-refractivity contribution in [2.24, 2.45) is 0 Å². The standard InChI is InChI=1S/C19H22Cl2N2O2/c1-24-17-11-14(16(21)12-18(17)25-2)19(23-9-7-22-8-10-23)13-5-3-4-6-15(13)20/h3-6,11-12,19,22H,7-10H2,1-2H3. The van der Waals surface area contributed by atoms with E-state index in [1.54, 1.807) is 14.2 Å². The highest BCUT2D eigenvalue weighted by molar-refractivity contribution is 6.32. The Bertz CT molecular complexity index is 733. The Morgan fingerprint density at radius 2 is 1.56 bits per heavy atom. The highest BCUT2D eigenvalue weighted by atomic mass is 35.5. The summed E-state index contributed by atoms with van der Waals surface area (Å²) in [7, 11) is 3.24. The van der Waals surface area contributed by atoms with Crippen molar-refractivity contribution in [3.05, 3.63) is 57.6 Å². The molecule has 0 aromatic heterocycles. The van der Waals surface area contributed by atoms with Crippen molar-refractivity contribution >= 4 is 23.2 Å². The zero-order chi connectivity index (χ0) is 17.8. The Morgan fingerprint density at radius 3 is 2.20 bits per heavy atom. The number of rotatable bonds is 5. The Balaban J connectivity index is 2.13. The molecule has 25 heavy (non-hydrogen) atoms. The molecule has 1 fully saturated rings. The van der Waals surface area contributed by atoms with Gasteiger partial charge in [-0.1, -0.05) is 41.4 Å². The maximum atomic E-state index is 6.63. The Labute approximate surface area is 158 Å². The van der Waals surface area contributed by atoms with Crippen LogP contribution in [0.25, 0.3) is 0 Å². The van der Waals surface area contributed by atoms with Gasteiger partial charge in [-0.25, -0.2) is 0 Å². The number of hydrogen-bond donors (Lipinski definition) is 1. The van der Waals surface area contributed by atoms with Crippen LogP contribution in [0.2, 0.25) is 10.0 Å². The van der Waals surface area contributed by atoms with Crippen LogP contribution in [0.4, 0.5) is 0 Å². The molecule has 1 N–H and O–H groups in total. The zero-order valence-electron chi connectivity index (χ0n) is 14.4. The molecule has 0 aliphatic carbocycles. The number of methoxy groups -OCH3 is 2. The summed E-state index contributed by atoms with van der Waals surface area (Å²) in [6.45, 7) is 3.71. The van der Waals surface area contributed by atoms with E-state index in [0.717, 1.165) is 42.3 Å². The van der Waals surface area contributed by atoms with Crippen LogP contribution in [0.15, 0.2) is 36.4 Å². The summed E-state index contributed by atoms with van der Waals surface area (Å²) >= 11 is 13.2. The Morgan fingerprint density at radius 1 is 0.920 bits per heavy atom. The molecule has 2 aromatic rings. The number of benzene rings is 2. The molecular weight excluding hydrogens is 359 g/mol. The van der Waals surface area contributed by atoms with E-state index in [-0.39, 0.29) is 6.04 Å². The highest BCUT2D eigenvalue weighted by Crippen LogP contribution is 2.41. The fourth-order valence-electron chi connectivity index (χ4n) is 3.28. The van der Waals surface area contributed by atoms with Crippen molar-refractivity contribution in [3.63, 3.8) is 0 Å². The summed E-state index contributed by atoms with van der Waals surface area (Å²) in [6.07, 6.45) is 0. The van der Waals surface area contributed by atoms with Gasteiger partial charge < -0.3 is 14.8 Å². The summed E-state index contributed by atoms with van der Waals surface area (Å²) in [5.41, 5.74) is 2.01. The second-order valence-corrected chi connectivity index (χ2v) is 6.75. The second kappa shape index (κ2) is 8.28. The van der Waals surface area contributed by atoms with E-state index in [1.807, 2.05) is 30.3 Å². The maximum absolute atomic E-state index is 6.63. The van der Waals surface area contributed by atoms with E-state index in [9.17, 15) is 0 Å².